The van der Waals surface area contributed by atoms with Gasteiger partial charge in [-0.1, -0.05) is 13.0 Å². The Bertz CT molecular complexity index is 620. The van der Waals surface area contributed by atoms with Crippen LogP contribution < -0.4 is 5.32 Å². The van der Waals surface area contributed by atoms with Crippen LogP contribution >= 0.6 is 22.7 Å². The van der Waals surface area contributed by atoms with E-state index in [9.17, 15) is 9.59 Å². The molecular formula is C13H14N2O3S2. The molecule has 0 aliphatic carbocycles. The predicted octanol–water partition coefficient (Wildman–Crippen LogP) is 2.77. The number of nitrogens with zero attached hydrogens (tertiary/aromatic N) is 1. The van der Waals surface area contributed by atoms with Crippen molar-refractivity contribution in [3.63, 3.8) is 0 Å². The quantitative estimate of drug-likeness (QED) is 0.890. The molecular weight excluding hydrogens is 296 g/mol. The monoisotopic (exact) mass is 310 g/mol. The fourth-order valence-corrected chi connectivity index (χ4v) is 3.44. The van der Waals surface area contributed by atoms with Gasteiger partial charge in [0.15, 0.2) is 0 Å². The molecule has 106 valence electrons. The normalized spacial score (nSPS) is 12.1. The van der Waals surface area contributed by atoms with Crippen molar-refractivity contribution in [2.75, 3.05) is 0 Å². The zero-order chi connectivity index (χ0) is 14.7. The highest BCUT2D eigenvalue weighted by molar-refractivity contribution is 7.22. The van der Waals surface area contributed by atoms with Crippen LogP contribution in [0.3, 0.4) is 0 Å². The summed E-state index contributed by atoms with van der Waals surface area (Å²) in [5.41, 5.74) is 0.621. The second-order valence-electron chi connectivity index (χ2n) is 4.18. The number of aromatic nitrogens is 1. The van der Waals surface area contributed by atoms with Crippen molar-refractivity contribution in [1.29, 1.82) is 0 Å². The van der Waals surface area contributed by atoms with E-state index in [0.29, 0.717) is 17.0 Å². The summed E-state index contributed by atoms with van der Waals surface area (Å²) < 4.78 is 0. The molecule has 0 spiro atoms. The minimum Gasteiger partial charge on any atom is -0.480 e. The lowest BCUT2D eigenvalue weighted by Gasteiger charge is -2.11. The molecule has 1 atom stereocenters. The first-order valence-corrected chi connectivity index (χ1v) is 7.77. The Balaban J connectivity index is 2.21. The van der Waals surface area contributed by atoms with Gasteiger partial charge in [0.25, 0.3) is 5.91 Å². The van der Waals surface area contributed by atoms with Gasteiger partial charge in [0.2, 0.25) is 0 Å². The molecule has 2 aromatic rings. The summed E-state index contributed by atoms with van der Waals surface area (Å²) in [5, 5.41) is 14.2. The van der Waals surface area contributed by atoms with Crippen LogP contribution in [0.5, 0.6) is 0 Å². The topological polar surface area (TPSA) is 79.3 Å². The number of thiazole rings is 1. The van der Waals surface area contributed by atoms with Crippen LogP contribution in [-0.2, 0) is 4.79 Å². The molecule has 2 heterocycles. The van der Waals surface area contributed by atoms with E-state index < -0.39 is 12.0 Å². The molecule has 0 aromatic carbocycles. The molecule has 5 nitrogen and oxygen atoms in total. The highest BCUT2D eigenvalue weighted by Gasteiger charge is 2.22. The van der Waals surface area contributed by atoms with Gasteiger partial charge < -0.3 is 10.4 Å². The van der Waals surface area contributed by atoms with Crippen LogP contribution in [0.2, 0.25) is 0 Å². The van der Waals surface area contributed by atoms with Gasteiger partial charge in [0, 0.05) is 0 Å². The zero-order valence-corrected chi connectivity index (χ0v) is 12.7. The molecule has 0 fully saturated rings. The maximum absolute atomic E-state index is 12.1. The van der Waals surface area contributed by atoms with Crippen molar-refractivity contribution in [2.24, 2.45) is 0 Å². The summed E-state index contributed by atoms with van der Waals surface area (Å²) in [6, 6.07) is 3.00. The van der Waals surface area contributed by atoms with E-state index in [4.69, 9.17) is 5.11 Å². The molecule has 1 unspecified atom stereocenters. The summed E-state index contributed by atoms with van der Waals surface area (Å²) in [7, 11) is 0. The zero-order valence-electron chi connectivity index (χ0n) is 11.0. The first-order valence-electron chi connectivity index (χ1n) is 6.08. The van der Waals surface area contributed by atoms with E-state index in [2.05, 4.69) is 10.3 Å². The first kappa shape index (κ1) is 14.7. The van der Waals surface area contributed by atoms with E-state index >= 15 is 0 Å². The number of hydrogen-bond acceptors (Lipinski definition) is 5. The number of aryl methyl sites for hydroxylation is 1. The number of aliphatic carboxylic acids is 1. The number of nitrogens with one attached hydrogen (secondary N) is 1. The third-order valence-corrected chi connectivity index (χ3v) is 4.94. The molecule has 0 radical (unpaired) electrons. The predicted molar refractivity (Wildman–Crippen MR) is 79.3 cm³/mol. The summed E-state index contributed by atoms with van der Waals surface area (Å²) in [4.78, 5) is 28.9. The number of carboxylic acid groups (broad SMARTS) is 1. The van der Waals surface area contributed by atoms with Gasteiger partial charge >= 0.3 is 5.97 Å². The Morgan fingerprint density at radius 3 is 2.80 bits per heavy atom. The second-order valence-corrected chi connectivity index (χ2v) is 6.13. The van der Waals surface area contributed by atoms with Gasteiger partial charge in [-0.2, -0.15) is 0 Å². The standard InChI is InChI=1S/C13H14N2O3S2/c1-3-8(13(17)18)15-11(16)10-7(2)14-12(20-10)9-5-4-6-19-9/h4-6,8H,3H2,1-2H3,(H,15,16)(H,17,18). The van der Waals surface area contributed by atoms with Crippen LogP contribution in [0.1, 0.15) is 28.7 Å². The Labute approximate surface area is 124 Å². The lowest BCUT2D eigenvalue weighted by molar-refractivity contribution is -0.139. The van der Waals surface area contributed by atoms with Crippen molar-refractivity contribution in [1.82, 2.24) is 10.3 Å². The van der Waals surface area contributed by atoms with E-state index in [1.165, 1.54) is 11.3 Å². The van der Waals surface area contributed by atoms with Crippen molar-refractivity contribution >= 4 is 34.6 Å². The van der Waals surface area contributed by atoms with Crippen LogP contribution in [0.4, 0.5) is 0 Å². The number of carbonyl (C=O) groups is 2. The number of rotatable bonds is 5. The molecule has 2 N–H and O–H groups in total. The second kappa shape index (κ2) is 6.15. The van der Waals surface area contributed by atoms with E-state index in [-0.39, 0.29) is 5.91 Å². The number of hydrogen-bond donors (Lipinski definition) is 2. The van der Waals surface area contributed by atoms with Crippen LogP contribution in [0.25, 0.3) is 9.88 Å². The lowest BCUT2D eigenvalue weighted by atomic mass is 10.2. The molecule has 0 bridgehead atoms. The average molecular weight is 310 g/mol. The molecule has 0 saturated carbocycles. The van der Waals surface area contributed by atoms with Crippen molar-refractivity contribution < 1.29 is 14.7 Å². The van der Waals surface area contributed by atoms with Gasteiger partial charge in [-0.05, 0) is 24.8 Å². The largest absolute Gasteiger partial charge is 0.480 e. The number of thiophene rings is 1. The molecule has 0 aliphatic heterocycles. The smallest absolute Gasteiger partial charge is 0.326 e. The molecule has 0 saturated heterocycles. The minimum atomic E-state index is -1.03. The van der Waals surface area contributed by atoms with Gasteiger partial charge in [0.1, 0.15) is 15.9 Å². The molecule has 2 rings (SSSR count). The van der Waals surface area contributed by atoms with Crippen LogP contribution in [-0.4, -0.2) is 28.0 Å². The Hall–Kier alpha value is -1.73. The molecule has 1 amide bonds. The lowest BCUT2D eigenvalue weighted by Crippen LogP contribution is -2.40. The molecule has 0 aliphatic rings. The third kappa shape index (κ3) is 3.05. The van der Waals surface area contributed by atoms with Gasteiger partial charge in [-0.15, -0.1) is 22.7 Å². The highest BCUT2D eigenvalue weighted by atomic mass is 32.1. The summed E-state index contributed by atoms with van der Waals surface area (Å²) in [5.74, 6) is -1.40. The highest BCUT2D eigenvalue weighted by Crippen LogP contribution is 2.31. The third-order valence-electron chi connectivity index (χ3n) is 2.75. The van der Waals surface area contributed by atoms with Crippen molar-refractivity contribution in [3.05, 3.63) is 28.1 Å². The van der Waals surface area contributed by atoms with Gasteiger partial charge in [-0.3, -0.25) is 4.79 Å². The average Bonchev–Trinajstić information content (AvgIpc) is 3.03. The van der Waals surface area contributed by atoms with Crippen molar-refractivity contribution in [3.8, 4) is 9.88 Å². The Morgan fingerprint density at radius 2 is 2.25 bits per heavy atom. The first-order chi connectivity index (χ1) is 9.52. The van der Waals surface area contributed by atoms with Gasteiger partial charge in [0.05, 0.1) is 10.6 Å². The summed E-state index contributed by atoms with van der Waals surface area (Å²) >= 11 is 2.84. The number of amides is 1. The minimum absolute atomic E-state index is 0.344. The maximum atomic E-state index is 12.1. The number of carbonyl (C=O) groups excluding carboxylic acids is 1. The summed E-state index contributed by atoms with van der Waals surface area (Å²) in [6.45, 7) is 3.47. The molecule has 2 aromatic heterocycles. The van der Waals surface area contributed by atoms with E-state index in [1.54, 1.807) is 25.2 Å². The number of carboxylic acids is 1. The summed E-state index contributed by atoms with van der Waals surface area (Å²) in [6.07, 6.45) is 0.344. The maximum Gasteiger partial charge on any atom is 0.326 e. The Morgan fingerprint density at radius 1 is 1.50 bits per heavy atom. The molecule has 20 heavy (non-hydrogen) atoms. The van der Waals surface area contributed by atoms with Crippen molar-refractivity contribution in [2.45, 2.75) is 26.3 Å². The van der Waals surface area contributed by atoms with E-state index in [0.717, 1.165) is 9.88 Å². The van der Waals surface area contributed by atoms with E-state index in [1.807, 2.05) is 17.5 Å². The van der Waals surface area contributed by atoms with Crippen LogP contribution in [0, 0.1) is 6.92 Å². The fraction of sp³-hybridized carbons (Fsp3) is 0.308. The fourth-order valence-electron chi connectivity index (χ4n) is 1.67. The molecule has 7 heteroatoms. The van der Waals surface area contributed by atoms with Crippen LogP contribution in [0.15, 0.2) is 17.5 Å². The Kier molecular flexibility index (Phi) is 4.51. The van der Waals surface area contributed by atoms with Gasteiger partial charge in [-0.25, -0.2) is 9.78 Å². The SMILES string of the molecule is CCC(NC(=O)c1sc(-c2cccs2)nc1C)C(=O)O.